The molecule has 0 aromatic carbocycles. The Morgan fingerprint density at radius 2 is 2.29 bits per heavy atom. The van der Waals surface area contributed by atoms with Crippen LogP contribution in [0.3, 0.4) is 0 Å². The van der Waals surface area contributed by atoms with Crippen molar-refractivity contribution in [1.82, 2.24) is 4.98 Å². The van der Waals surface area contributed by atoms with Gasteiger partial charge in [0.05, 0.1) is 18.2 Å². The Bertz CT molecular complexity index is 357. The van der Waals surface area contributed by atoms with Crippen LogP contribution in [0.5, 0.6) is 5.75 Å². The molecule has 76 valence electrons. The maximum absolute atomic E-state index is 12.6. The molecule has 0 aliphatic heterocycles. The Balaban J connectivity index is 3.42. The Hall–Kier alpha value is -0.790. The molecule has 0 radical (unpaired) electrons. The molecule has 14 heavy (non-hydrogen) atoms. The lowest BCUT2D eigenvalue weighted by molar-refractivity contribution is 0.111. The van der Waals surface area contributed by atoms with Gasteiger partial charge in [0, 0.05) is 6.20 Å². The van der Waals surface area contributed by atoms with Crippen LogP contribution in [0.2, 0.25) is 0 Å². The number of aldehydes is 1. The van der Waals surface area contributed by atoms with Gasteiger partial charge in [-0.3, -0.25) is 4.79 Å². The van der Waals surface area contributed by atoms with Gasteiger partial charge in [-0.05, 0) is 22.6 Å². The van der Waals surface area contributed by atoms with E-state index in [0.29, 0.717) is 6.29 Å². The van der Waals surface area contributed by atoms with Gasteiger partial charge in [0.25, 0.3) is 6.43 Å². The number of halogens is 3. The van der Waals surface area contributed by atoms with E-state index in [9.17, 15) is 13.6 Å². The van der Waals surface area contributed by atoms with Crippen LogP contribution in [0.1, 0.15) is 22.3 Å². The van der Waals surface area contributed by atoms with Crippen LogP contribution < -0.4 is 4.74 Å². The van der Waals surface area contributed by atoms with E-state index in [-0.39, 0.29) is 20.6 Å². The van der Waals surface area contributed by atoms with E-state index >= 15 is 0 Å². The molecule has 0 fully saturated rings. The fourth-order valence-corrected chi connectivity index (χ4v) is 1.62. The van der Waals surface area contributed by atoms with Gasteiger partial charge in [-0.25, -0.2) is 13.8 Å². The topological polar surface area (TPSA) is 39.2 Å². The van der Waals surface area contributed by atoms with Gasteiger partial charge in [0.1, 0.15) is 9.45 Å². The molecule has 0 N–H and O–H groups in total. The highest BCUT2D eigenvalue weighted by Gasteiger charge is 2.21. The molecule has 6 heteroatoms. The largest absolute Gasteiger partial charge is 0.495 e. The summed E-state index contributed by atoms with van der Waals surface area (Å²) in [5.74, 6) is -0.102. The highest BCUT2D eigenvalue weighted by Crippen LogP contribution is 2.33. The van der Waals surface area contributed by atoms with Crippen molar-refractivity contribution in [2.24, 2.45) is 0 Å². The van der Waals surface area contributed by atoms with Gasteiger partial charge < -0.3 is 4.74 Å². The predicted molar refractivity (Wildman–Crippen MR) is 53.9 cm³/mol. The zero-order chi connectivity index (χ0) is 10.7. The highest BCUT2D eigenvalue weighted by atomic mass is 127. The molecule has 0 bridgehead atoms. The monoisotopic (exact) mass is 313 g/mol. The van der Waals surface area contributed by atoms with Gasteiger partial charge in [-0.15, -0.1) is 0 Å². The molecule has 0 saturated carbocycles. The van der Waals surface area contributed by atoms with E-state index in [1.807, 2.05) is 0 Å². The molecule has 0 aliphatic rings. The average molecular weight is 313 g/mol. The second kappa shape index (κ2) is 4.63. The third-order valence-corrected chi connectivity index (χ3v) is 2.45. The Labute approximate surface area is 92.6 Å². The Morgan fingerprint density at radius 3 is 2.71 bits per heavy atom. The van der Waals surface area contributed by atoms with E-state index < -0.39 is 6.43 Å². The van der Waals surface area contributed by atoms with Crippen molar-refractivity contribution >= 4 is 28.9 Å². The van der Waals surface area contributed by atoms with Crippen LogP contribution in [0.25, 0.3) is 0 Å². The fraction of sp³-hybridized carbons (Fsp3) is 0.250. The van der Waals surface area contributed by atoms with E-state index in [0.717, 1.165) is 0 Å². The molecular weight excluding hydrogens is 307 g/mol. The highest BCUT2D eigenvalue weighted by molar-refractivity contribution is 14.1. The zero-order valence-electron chi connectivity index (χ0n) is 7.13. The normalized spacial score (nSPS) is 10.4. The maximum atomic E-state index is 12.6. The van der Waals surface area contributed by atoms with Crippen molar-refractivity contribution in [2.45, 2.75) is 6.43 Å². The Kier molecular flexibility index (Phi) is 3.73. The molecule has 3 nitrogen and oxygen atoms in total. The smallest absolute Gasteiger partial charge is 0.269 e. The first kappa shape index (κ1) is 11.3. The number of methoxy groups -OCH3 is 1. The standard InChI is InChI=1S/C8H6F2INO2/c1-14-6-4(3-13)2-12-8(11)5(6)7(9)10/h2-3,7H,1H3. The summed E-state index contributed by atoms with van der Waals surface area (Å²) < 4.78 is 30.0. The fourth-order valence-electron chi connectivity index (χ4n) is 1.00. The summed E-state index contributed by atoms with van der Waals surface area (Å²) in [4.78, 5) is 14.2. The van der Waals surface area contributed by atoms with Crippen LogP contribution in [-0.4, -0.2) is 18.4 Å². The van der Waals surface area contributed by atoms with Gasteiger partial charge in [-0.1, -0.05) is 0 Å². The van der Waals surface area contributed by atoms with Crippen molar-refractivity contribution in [3.63, 3.8) is 0 Å². The SMILES string of the molecule is COc1c(C=O)cnc(I)c1C(F)F. The molecule has 0 amide bonds. The van der Waals surface area contributed by atoms with Gasteiger partial charge in [0.15, 0.2) is 6.29 Å². The number of alkyl halides is 2. The molecule has 0 aliphatic carbocycles. The number of aromatic nitrogens is 1. The minimum Gasteiger partial charge on any atom is -0.495 e. The quantitative estimate of drug-likeness (QED) is 0.489. The summed E-state index contributed by atoms with van der Waals surface area (Å²) >= 11 is 1.67. The number of nitrogens with zero attached hydrogens (tertiary/aromatic N) is 1. The number of hydrogen-bond acceptors (Lipinski definition) is 3. The molecule has 1 aromatic heterocycles. The summed E-state index contributed by atoms with van der Waals surface area (Å²) in [6.45, 7) is 0. The number of rotatable bonds is 3. The first-order valence-corrected chi connectivity index (χ1v) is 4.65. The number of pyridine rings is 1. The number of ether oxygens (including phenoxy) is 1. The number of carbonyl (C=O) groups excluding carboxylic acids is 1. The van der Waals surface area contributed by atoms with Crippen molar-refractivity contribution in [3.05, 3.63) is 21.0 Å². The Morgan fingerprint density at radius 1 is 1.64 bits per heavy atom. The van der Waals surface area contributed by atoms with E-state index in [1.54, 1.807) is 22.6 Å². The van der Waals surface area contributed by atoms with E-state index in [4.69, 9.17) is 4.74 Å². The molecular formula is C8H6F2INO2. The van der Waals surface area contributed by atoms with Gasteiger partial charge >= 0.3 is 0 Å². The van der Waals surface area contributed by atoms with Crippen LogP contribution in [0.4, 0.5) is 8.78 Å². The van der Waals surface area contributed by atoms with Crippen molar-refractivity contribution in [3.8, 4) is 5.75 Å². The molecule has 1 aromatic rings. The first-order valence-electron chi connectivity index (χ1n) is 3.57. The molecule has 1 heterocycles. The summed E-state index contributed by atoms with van der Waals surface area (Å²) in [5, 5.41) is 0. The minimum absolute atomic E-state index is 0.0308. The second-order valence-electron chi connectivity index (χ2n) is 2.37. The van der Waals surface area contributed by atoms with Gasteiger partial charge in [0.2, 0.25) is 0 Å². The molecule has 0 unspecified atom stereocenters. The molecule has 0 atom stereocenters. The maximum Gasteiger partial charge on any atom is 0.269 e. The lowest BCUT2D eigenvalue weighted by Gasteiger charge is -2.10. The third kappa shape index (κ3) is 1.99. The second-order valence-corrected chi connectivity index (χ2v) is 3.39. The average Bonchev–Trinajstić information content (AvgIpc) is 2.16. The summed E-state index contributed by atoms with van der Waals surface area (Å²) in [7, 11) is 1.24. The van der Waals surface area contributed by atoms with Crippen LogP contribution in [0.15, 0.2) is 6.20 Å². The summed E-state index contributed by atoms with van der Waals surface area (Å²) in [5.41, 5.74) is -0.305. The van der Waals surface area contributed by atoms with Crippen LogP contribution in [-0.2, 0) is 0 Å². The number of hydrogen-bond donors (Lipinski definition) is 0. The molecule has 0 saturated heterocycles. The molecule has 1 rings (SSSR count). The third-order valence-electron chi connectivity index (χ3n) is 1.60. The summed E-state index contributed by atoms with van der Waals surface area (Å²) in [6, 6.07) is 0. The first-order chi connectivity index (χ1) is 6.61. The lowest BCUT2D eigenvalue weighted by Crippen LogP contribution is -2.02. The predicted octanol–water partition coefficient (Wildman–Crippen LogP) is 2.44. The lowest BCUT2D eigenvalue weighted by atomic mass is 10.2. The van der Waals surface area contributed by atoms with Crippen LogP contribution in [0, 0.1) is 3.70 Å². The van der Waals surface area contributed by atoms with Crippen molar-refractivity contribution in [2.75, 3.05) is 7.11 Å². The minimum atomic E-state index is -2.70. The molecule has 0 spiro atoms. The zero-order valence-corrected chi connectivity index (χ0v) is 9.29. The van der Waals surface area contributed by atoms with E-state index in [1.165, 1.54) is 13.3 Å². The van der Waals surface area contributed by atoms with Crippen molar-refractivity contribution < 1.29 is 18.3 Å². The van der Waals surface area contributed by atoms with E-state index in [2.05, 4.69) is 4.98 Å². The summed E-state index contributed by atoms with van der Waals surface area (Å²) in [6.07, 6.45) is -1.06. The van der Waals surface area contributed by atoms with Crippen LogP contribution >= 0.6 is 22.6 Å². The number of carbonyl (C=O) groups is 1. The van der Waals surface area contributed by atoms with Gasteiger partial charge in [-0.2, -0.15) is 0 Å². The van der Waals surface area contributed by atoms with Crippen molar-refractivity contribution in [1.29, 1.82) is 0 Å².